The van der Waals surface area contributed by atoms with E-state index in [1.165, 1.54) is 0 Å². The molecule has 120 valence electrons. The van der Waals surface area contributed by atoms with Gasteiger partial charge in [-0.15, -0.1) is 0 Å². The number of hydrogen-bond acceptors (Lipinski definition) is 3. The van der Waals surface area contributed by atoms with E-state index in [-0.39, 0.29) is 17.2 Å². The summed E-state index contributed by atoms with van der Waals surface area (Å²) in [5.74, 6) is -0.292. The number of rotatable bonds is 5. The van der Waals surface area contributed by atoms with Crippen LogP contribution in [-0.2, 0) is 4.79 Å². The minimum absolute atomic E-state index is 0.0231. The summed E-state index contributed by atoms with van der Waals surface area (Å²) in [5.41, 5.74) is 4.50. The molecule has 5 nitrogen and oxygen atoms in total. The van der Waals surface area contributed by atoms with Crippen molar-refractivity contribution in [2.45, 2.75) is 47.5 Å². The van der Waals surface area contributed by atoms with Gasteiger partial charge in [0.05, 0.1) is 0 Å². The molecular formula is C17H25N3O2. The summed E-state index contributed by atoms with van der Waals surface area (Å²) in [6.45, 7) is 9.93. The van der Waals surface area contributed by atoms with E-state index in [0.717, 1.165) is 12.1 Å². The van der Waals surface area contributed by atoms with E-state index >= 15 is 0 Å². The van der Waals surface area contributed by atoms with E-state index in [4.69, 9.17) is 0 Å². The van der Waals surface area contributed by atoms with Crippen LogP contribution in [0.1, 0.15) is 57.8 Å². The third-order valence-corrected chi connectivity index (χ3v) is 3.32. The second-order valence-electron chi connectivity index (χ2n) is 6.26. The van der Waals surface area contributed by atoms with E-state index in [0.29, 0.717) is 17.7 Å². The Morgan fingerprint density at radius 2 is 1.73 bits per heavy atom. The topological polar surface area (TPSA) is 70.6 Å². The molecule has 0 aliphatic rings. The van der Waals surface area contributed by atoms with Gasteiger partial charge in [-0.2, -0.15) is 5.10 Å². The number of carbonyl (C=O) groups is 2. The lowest BCUT2D eigenvalue weighted by atomic mass is 9.91. The van der Waals surface area contributed by atoms with Crippen molar-refractivity contribution >= 4 is 23.2 Å². The molecule has 0 saturated carbocycles. The summed E-state index contributed by atoms with van der Waals surface area (Å²) in [7, 11) is 0. The first-order chi connectivity index (χ1) is 10.2. The zero-order valence-electron chi connectivity index (χ0n) is 14.0. The van der Waals surface area contributed by atoms with Gasteiger partial charge in [0.15, 0.2) is 0 Å². The smallest absolute Gasteiger partial charge is 0.271 e. The van der Waals surface area contributed by atoms with Crippen molar-refractivity contribution in [3.05, 3.63) is 29.8 Å². The van der Waals surface area contributed by atoms with Crippen LogP contribution in [0.2, 0.25) is 0 Å². The minimum Gasteiger partial charge on any atom is -0.326 e. The van der Waals surface area contributed by atoms with E-state index in [1.54, 1.807) is 24.3 Å². The predicted octanol–water partition coefficient (Wildman–Crippen LogP) is 3.58. The monoisotopic (exact) mass is 303 g/mol. The lowest BCUT2D eigenvalue weighted by Gasteiger charge is -2.17. The van der Waals surface area contributed by atoms with Crippen LogP contribution in [0.3, 0.4) is 0 Å². The molecule has 0 saturated heterocycles. The van der Waals surface area contributed by atoms with E-state index in [9.17, 15) is 9.59 Å². The Morgan fingerprint density at radius 1 is 1.14 bits per heavy atom. The lowest BCUT2D eigenvalue weighted by molar-refractivity contribution is -0.116. The van der Waals surface area contributed by atoms with Crippen LogP contribution in [0.5, 0.6) is 0 Å². The van der Waals surface area contributed by atoms with Crippen LogP contribution in [0.15, 0.2) is 29.4 Å². The van der Waals surface area contributed by atoms with Crippen LogP contribution in [0, 0.1) is 5.41 Å². The number of carbonyl (C=O) groups excluding carboxylic acids is 2. The number of nitrogens with one attached hydrogen (secondary N) is 2. The summed E-state index contributed by atoms with van der Waals surface area (Å²) >= 11 is 0. The minimum atomic E-state index is -0.268. The van der Waals surface area contributed by atoms with Gasteiger partial charge >= 0.3 is 0 Å². The van der Waals surface area contributed by atoms with Crippen LogP contribution < -0.4 is 10.7 Å². The lowest BCUT2D eigenvalue weighted by Crippen LogP contribution is -2.24. The zero-order valence-corrected chi connectivity index (χ0v) is 14.0. The van der Waals surface area contributed by atoms with Crippen LogP contribution in [-0.4, -0.2) is 17.5 Å². The molecule has 0 bridgehead atoms. The molecule has 1 rings (SSSR count). The number of anilines is 1. The van der Waals surface area contributed by atoms with Gasteiger partial charge in [-0.3, -0.25) is 9.59 Å². The second kappa shape index (κ2) is 7.73. The number of nitrogens with zero attached hydrogens (tertiary/aromatic N) is 1. The van der Waals surface area contributed by atoms with Crippen molar-refractivity contribution in [2.24, 2.45) is 10.5 Å². The van der Waals surface area contributed by atoms with Gasteiger partial charge in [0.25, 0.3) is 5.91 Å². The molecule has 0 unspecified atom stereocenters. The van der Waals surface area contributed by atoms with Crippen molar-refractivity contribution in [1.82, 2.24) is 5.43 Å². The largest absolute Gasteiger partial charge is 0.326 e. The van der Waals surface area contributed by atoms with Crippen LogP contribution in [0.4, 0.5) is 5.69 Å². The van der Waals surface area contributed by atoms with Gasteiger partial charge in [0, 0.05) is 28.8 Å². The molecule has 0 aliphatic carbocycles. The summed E-state index contributed by atoms with van der Waals surface area (Å²) in [6, 6.07) is 6.75. The SMILES string of the molecule is CCCC(=O)Nc1ccc(C(=O)NN=C(C)C(C)(C)C)cc1. The van der Waals surface area contributed by atoms with Crippen molar-refractivity contribution < 1.29 is 9.59 Å². The van der Waals surface area contributed by atoms with Gasteiger partial charge in [-0.05, 0) is 37.6 Å². The number of amides is 2. The Bertz CT molecular complexity index is 554. The first-order valence-corrected chi connectivity index (χ1v) is 7.49. The molecular weight excluding hydrogens is 278 g/mol. The molecule has 0 heterocycles. The van der Waals surface area contributed by atoms with Gasteiger partial charge in [0.2, 0.25) is 5.91 Å². The fourth-order valence-electron chi connectivity index (χ4n) is 1.52. The molecule has 2 amide bonds. The molecule has 2 N–H and O–H groups in total. The van der Waals surface area contributed by atoms with Crippen LogP contribution in [0.25, 0.3) is 0 Å². The Hall–Kier alpha value is -2.17. The van der Waals surface area contributed by atoms with E-state index < -0.39 is 0 Å². The Balaban J connectivity index is 2.67. The first-order valence-electron chi connectivity index (χ1n) is 7.49. The predicted molar refractivity (Wildman–Crippen MR) is 90.0 cm³/mol. The molecule has 0 atom stereocenters. The van der Waals surface area contributed by atoms with E-state index in [1.807, 2.05) is 34.6 Å². The molecule has 1 aromatic rings. The average molecular weight is 303 g/mol. The molecule has 0 aliphatic heterocycles. The summed E-state index contributed by atoms with van der Waals surface area (Å²) in [6.07, 6.45) is 1.29. The summed E-state index contributed by atoms with van der Waals surface area (Å²) in [4.78, 5) is 23.5. The summed E-state index contributed by atoms with van der Waals surface area (Å²) in [5, 5.41) is 6.90. The van der Waals surface area contributed by atoms with Crippen molar-refractivity contribution in [3.63, 3.8) is 0 Å². The van der Waals surface area contributed by atoms with Crippen molar-refractivity contribution in [3.8, 4) is 0 Å². The summed E-state index contributed by atoms with van der Waals surface area (Å²) < 4.78 is 0. The van der Waals surface area contributed by atoms with Gasteiger partial charge in [0.1, 0.15) is 0 Å². The van der Waals surface area contributed by atoms with Gasteiger partial charge < -0.3 is 5.32 Å². The second-order valence-corrected chi connectivity index (χ2v) is 6.26. The average Bonchev–Trinajstić information content (AvgIpc) is 2.44. The Labute approximate surface area is 132 Å². The number of benzene rings is 1. The fraction of sp³-hybridized carbons (Fsp3) is 0.471. The normalized spacial score (nSPS) is 12.0. The highest BCUT2D eigenvalue weighted by molar-refractivity contribution is 5.97. The number of hydrogen-bond donors (Lipinski definition) is 2. The molecule has 0 spiro atoms. The van der Waals surface area contributed by atoms with Crippen LogP contribution >= 0.6 is 0 Å². The Morgan fingerprint density at radius 3 is 2.23 bits per heavy atom. The molecule has 0 radical (unpaired) electrons. The Kier molecular flexibility index (Phi) is 6.28. The molecule has 5 heteroatoms. The van der Waals surface area contributed by atoms with Gasteiger partial charge in [-0.25, -0.2) is 5.43 Å². The molecule has 22 heavy (non-hydrogen) atoms. The maximum absolute atomic E-state index is 12.0. The third kappa shape index (κ3) is 5.68. The molecule has 0 aromatic heterocycles. The van der Waals surface area contributed by atoms with Crippen molar-refractivity contribution in [1.29, 1.82) is 0 Å². The standard InChI is InChI=1S/C17H25N3O2/c1-6-7-15(21)18-14-10-8-13(9-11-14)16(22)20-19-12(2)17(3,4)5/h8-11H,6-7H2,1-5H3,(H,18,21)(H,20,22). The zero-order chi connectivity index (χ0) is 16.8. The first kappa shape index (κ1) is 17.9. The fourth-order valence-corrected chi connectivity index (χ4v) is 1.52. The highest BCUT2D eigenvalue weighted by atomic mass is 16.2. The highest BCUT2D eigenvalue weighted by Gasteiger charge is 2.15. The van der Waals surface area contributed by atoms with Gasteiger partial charge in [-0.1, -0.05) is 27.7 Å². The quantitative estimate of drug-likeness (QED) is 0.644. The molecule has 0 fully saturated rings. The highest BCUT2D eigenvalue weighted by Crippen LogP contribution is 2.15. The van der Waals surface area contributed by atoms with Crippen molar-refractivity contribution in [2.75, 3.05) is 5.32 Å². The number of hydrazone groups is 1. The maximum atomic E-state index is 12.0. The third-order valence-electron chi connectivity index (χ3n) is 3.32. The molecule has 1 aromatic carbocycles. The van der Waals surface area contributed by atoms with E-state index in [2.05, 4.69) is 15.8 Å². The maximum Gasteiger partial charge on any atom is 0.271 e.